The van der Waals surface area contributed by atoms with Crippen LogP contribution in [0.3, 0.4) is 0 Å². The second-order valence-corrected chi connectivity index (χ2v) is 20.4. The number of rotatable bonds is 15. The molecule has 2 saturated heterocycles. The van der Waals surface area contributed by atoms with Gasteiger partial charge in [-0.2, -0.15) is 0 Å². The number of anilines is 2. The molecular weight excluding hydrogens is 921 g/mol. The summed E-state index contributed by atoms with van der Waals surface area (Å²) in [6.45, 7) is 10.4. The molecular formula is C59H70N6O8. The maximum atomic E-state index is 13.3. The zero-order valence-electron chi connectivity index (χ0n) is 42.5. The van der Waals surface area contributed by atoms with Gasteiger partial charge in [0.1, 0.15) is 18.8 Å². The van der Waals surface area contributed by atoms with Crippen LogP contribution in [0, 0.1) is 11.8 Å². The van der Waals surface area contributed by atoms with Crippen molar-refractivity contribution in [1.29, 1.82) is 0 Å². The van der Waals surface area contributed by atoms with E-state index in [2.05, 4.69) is 29.2 Å². The number of benzene rings is 5. The Morgan fingerprint density at radius 2 is 0.890 bits per heavy atom. The Morgan fingerprint density at radius 1 is 0.493 bits per heavy atom. The summed E-state index contributed by atoms with van der Waals surface area (Å²) >= 11 is 0. The lowest BCUT2D eigenvalue weighted by Crippen LogP contribution is -2.61. The molecule has 2 atom stereocenters. The number of amides is 5. The predicted octanol–water partition coefficient (Wildman–Crippen LogP) is 9.68. The fourth-order valence-corrected chi connectivity index (χ4v) is 9.18. The van der Waals surface area contributed by atoms with Crippen molar-refractivity contribution in [1.82, 2.24) is 19.6 Å². The van der Waals surface area contributed by atoms with Crippen molar-refractivity contribution in [2.75, 3.05) is 68.7 Å². The van der Waals surface area contributed by atoms with E-state index in [0.717, 1.165) is 67.7 Å². The number of hydrogen-bond donors (Lipinski definition) is 0. The Morgan fingerprint density at radius 3 is 1.32 bits per heavy atom. The molecule has 14 nitrogen and oxygen atoms in total. The molecule has 0 N–H and O–H groups in total. The fourth-order valence-electron chi connectivity index (χ4n) is 9.18. The van der Waals surface area contributed by atoms with Crippen molar-refractivity contribution in [3.8, 4) is 0 Å². The Kier molecular flexibility index (Phi) is 17.8. The Labute approximate surface area is 430 Å². The average Bonchev–Trinajstić information content (AvgIpc) is 4.36. The van der Waals surface area contributed by atoms with Gasteiger partial charge in [0.05, 0.1) is 12.1 Å². The van der Waals surface area contributed by atoms with Crippen LogP contribution in [0.5, 0.6) is 0 Å². The SMILES string of the molecule is CC(C)(C)OC(=O)N1CCN(C(=O)OCc2ccccc2)C(CN(C(=O)C2CC2)c2ccccc2)C1.O=C(C1CC1)N(CC1CN(CCc2ccccc2)CCN1C(=O)OCc1ccccc1)c1ccccc1. The number of piperazine rings is 2. The lowest BCUT2D eigenvalue weighted by atomic mass is 10.1. The third-order valence-corrected chi connectivity index (χ3v) is 13.4. The number of para-hydroxylation sites is 2. The Balaban J connectivity index is 0.000000195. The van der Waals surface area contributed by atoms with Gasteiger partial charge in [-0.25, -0.2) is 14.4 Å². The molecule has 4 fully saturated rings. The molecule has 0 radical (unpaired) electrons. The first-order chi connectivity index (χ1) is 35.4. The molecule has 2 heterocycles. The normalized spacial score (nSPS) is 17.9. The monoisotopic (exact) mass is 991 g/mol. The van der Waals surface area contributed by atoms with Gasteiger partial charge in [0.25, 0.3) is 0 Å². The highest BCUT2D eigenvalue weighted by Gasteiger charge is 2.41. The van der Waals surface area contributed by atoms with Gasteiger partial charge in [0.2, 0.25) is 11.8 Å². The summed E-state index contributed by atoms with van der Waals surface area (Å²) in [6.07, 6.45) is 3.39. The lowest BCUT2D eigenvalue weighted by molar-refractivity contribution is -0.120. The van der Waals surface area contributed by atoms with Crippen molar-refractivity contribution < 1.29 is 38.2 Å². The van der Waals surface area contributed by atoms with Crippen LogP contribution in [0.4, 0.5) is 25.8 Å². The number of carbonyl (C=O) groups excluding carboxylic acids is 5. The molecule has 5 amide bonds. The van der Waals surface area contributed by atoms with Crippen LogP contribution in [0.25, 0.3) is 0 Å². The number of carbonyl (C=O) groups is 5. The fraction of sp³-hybridized carbons (Fsp3) is 0.407. The van der Waals surface area contributed by atoms with Gasteiger partial charge in [0, 0.05) is 82.1 Å². The minimum Gasteiger partial charge on any atom is -0.445 e. The van der Waals surface area contributed by atoms with Crippen LogP contribution in [0.1, 0.15) is 63.1 Å². The minimum atomic E-state index is -0.629. The molecule has 2 unspecified atom stereocenters. The summed E-state index contributed by atoms with van der Waals surface area (Å²) < 4.78 is 16.9. The number of hydrogen-bond acceptors (Lipinski definition) is 9. The van der Waals surface area contributed by atoms with Crippen molar-refractivity contribution in [2.45, 2.75) is 83.8 Å². The molecule has 0 aromatic heterocycles. The molecule has 9 rings (SSSR count). The summed E-state index contributed by atoms with van der Waals surface area (Å²) in [5.74, 6) is 0.309. The van der Waals surface area contributed by atoms with Crippen LogP contribution in [-0.4, -0.2) is 126 Å². The molecule has 14 heteroatoms. The highest BCUT2D eigenvalue weighted by atomic mass is 16.6. The lowest BCUT2D eigenvalue weighted by Gasteiger charge is -2.42. The van der Waals surface area contributed by atoms with Gasteiger partial charge in [-0.1, -0.05) is 127 Å². The molecule has 2 aliphatic heterocycles. The Hall–Kier alpha value is -7.19. The third-order valence-electron chi connectivity index (χ3n) is 13.4. The van der Waals surface area contributed by atoms with Gasteiger partial charge in [-0.15, -0.1) is 0 Å². The van der Waals surface area contributed by atoms with E-state index in [9.17, 15) is 24.0 Å². The van der Waals surface area contributed by atoms with E-state index >= 15 is 0 Å². The molecule has 2 saturated carbocycles. The average molecular weight is 991 g/mol. The quantitative estimate of drug-likeness (QED) is 0.0941. The van der Waals surface area contributed by atoms with Crippen LogP contribution >= 0.6 is 0 Å². The summed E-state index contributed by atoms with van der Waals surface area (Å²) in [5.41, 5.74) is 4.20. The zero-order valence-corrected chi connectivity index (χ0v) is 42.5. The van der Waals surface area contributed by atoms with Crippen molar-refractivity contribution in [3.05, 3.63) is 168 Å². The molecule has 2 aliphatic carbocycles. The van der Waals surface area contributed by atoms with Crippen LogP contribution in [0.2, 0.25) is 0 Å². The molecule has 0 bridgehead atoms. The molecule has 5 aromatic rings. The smallest absolute Gasteiger partial charge is 0.410 e. The van der Waals surface area contributed by atoms with Crippen molar-refractivity contribution in [3.63, 3.8) is 0 Å². The van der Waals surface area contributed by atoms with Gasteiger partial charge in [-0.3, -0.25) is 19.4 Å². The molecule has 4 aliphatic rings. The van der Waals surface area contributed by atoms with Crippen LogP contribution < -0.4 is 9.80 Å². The summed E-state index contributed by atoms with van der Waals surface area (Å²) in [6, 6.07) is 48.4. The second-order valence-electron chi connectivity index (χ2n) is 20.4. The number of ether oxygens (including phenoxy) is 3. The summed E-state index contributed by atoms with van der Waals surface area (Å²) in [5, 5.41) is 0. The third kappa shape index (κ3) is 15.4. The standard InChI is InChI=1S/C31H35N3O3.C28H35N3O5/c35-30(27-16-17-27)34(28-14-8-3-9-15-28)23-29-22-32(19-18-25-10-4-1-5-11-25)20-21-33(29)31(36)37-24-26-12-6-2-7-13-26;1-28(2,3)36-26(33)29-16-17-30(27(34)35-20-21-10-6-4-7-11-21)24(18-29)19-31(25(32)22-14-15-22)23-12-8-5-9-13-23/h1-15,27,29H,16-24H2;4-13,22,24H,14-20H2,1-3H3. The van der Waals surface area contributed by atoms with Crippen LogP contribution in [0.15, 0.2) is 152 Å². The largest absolute Gasteiger partial charge is 0.445 e. The van der Waals surface area contributed by atoms with E-state index in [1.807, 2.05) is 158 Å². The minimum absolute atomic E-state index is 0.00855. The zero-order chi connectivity index (χ0) is 51.2. The van der Waals surface area contributed by atoms with E-state index in [0.29, 0.717) is 26.2 Å². The second kappa shape index (κ2) is 25.0. The topological polar surface area (TPSA) is 132 Å². The molecule has 73 heavy (non-hydrogen) atoms. The highest BCUT2D eigenvalue weighted by Crippen LogP contribution is 2.35. The van der Waals surface area contributed by atoms with Gasteiger partial charge < -0.3 is 33.8 Å². The maximum absolute atomic E-state index is 13.3. The summed E-state index contributed by atoms with van der Waals surface area (Å²) in [7, 11) is 0. The highest BCUT2D eigenvalue weighted by molar-refractivity contribution is 5.97. The van der Waals surface area contributed by atoms with E-state index < -0.39 is 23.8 Å². The van der Waals surface area contributed by atoms with E-state index in [4.69, 9.17) is 14.2 Å². The molecule has 5 aromatic carbocycles. The van der Waals surface area contributed by atoms with E-state index in [1.54, 1.807) is 14.7 Å². The van der Waals surface area contributed by atoms with Crippen LogP contribution in [-0.2, 0) is 43.4 Å². The van der Waals surface area contributed by atoms with E-state index in [1.165, 1.54) is 5.56 Å². The van der Waals surface area contributed by atoms with Gasteiger partial charge in [0.15, 0.2) is 0 Å². The maximum Gasteiger partial charge on any atom is 0.410 e. The van der Waals surface area contributed by atoms with Crippen molar-refractivity contribution in [2.24, 2.45) is 11.8 Å². The summed E-state index contributed by atoms with van der Waals surface area (Å²) in [4.78, 5) is 77.0. The van der Waals surface area contributed by atoms with Gasteiger partial charge in [-0.05, 0) is 93.8 Å². The molecule has 384 valence electrons. The Bertz CT molecular complexity index is 2560. The first-order valence-electron chi connectivity index (χ1n) is 25.8. The molecule has 0 spiro atoms. The first kappa shape index (κ1) is 52.1. The predicted molar refractivity (Wildman–Crippen MR) is 282 cm³/mol. The van der Waals surface area contributed by atoms with E-state index in [-0.39, 0.29) is 68.6 Å². The van der Waals surface area contributed by atoms with Gasteiger partial charge >= 0.3 is 18.3 Å². The van der Waals surface area contributed by atoms with Crippen molar-refractivity contribution >= 4 is 41.5 Å². The first-order valence-corrected chi connectivity index (χ1v) is 25.8. The number of nitrogens with zero attached hydrogens (tertiary/aromatic N) is 6.